The van der Waals surface area contributed by atoms with E-state index in [1.807, 2.05) is 0 Å². The van der Waals surface area contributed by atoms with E-state index in [0.29, 0.717) is 17.3 Å². The van der Waals surface area contributed by atoms with Gasteiger partial charge in [0.1, 0.15) is 0 Å². The molecule has 0 aromatic carbocycles. The van der Waals surface area contributed by atoms with E-state index in [0.717, 1.165) is 26.1 Å². The fourth-order valence-corrected chi connectivity index (χ4v) is 2.55. The Morgan fingerprint density at radius 1 is 1.39 bits per heavy atom. The van der Waals surface area contributed by atoms with Crippen LogP contribution < -0.4 is 11.1 Å². The molecule has 1 aliphatic rings. The number of ether oxygens (including phenoxy) is 1. The van der Waals surface area contributed by atoms with Gasteiger partial charge in [-0.05, 0) is 30.6 Å². The fourth-order valence-electron chi connectivity index (χ4n) is 2.55. The number of rotatable bonds is 7. The summed E-state index contributed by atoms with van der Waals surface area (Å²) in [4.78, 5) is 4.53. The Bertz CT molecular complexity index is 258. The first-order chi connectivity index (χ1) is 8.58. The van der Waals surface area contributed by atoms with E-state index in [2.05, 4.69) is 24.2 Å². The Kier molecular flexibility index (Phi) is 6.47. The SMILES string of the molecule is COCCC1(CN=C(N)NCC(C)C)CCCC1. The van der Waals surface area contributed by atoms with Crippen molar-refractivity contribution in [3.05, 3.63) is 0 Å². The lowest BCUT2D eigenvalue weighted by Crippen LogP contribution is -2.35. The van der Waals surface area contributed by atoms with Crippen molar-refractivity contribution < 1.29 is 4.74 Å². The highest BCUT2D eigenvalue weighted by Crippen LogP contribution is 2.41. The van der Waals surface area contributed by atoms with Crippen LogP contribution >= 0.6 is 0 Å². The highest BCUT2D eigenvalue weighted by molar-refractivity contribution is 5.77. The van der Waals surface area contributed by atoms with Gasteiger partial charge >= 0.3 is 0 Å². The Labute approximate surface area is 111 Å². The van der Waals surface area contributed by atoms with Gasteiger partial charge < -0.3 is 15.8 Å². The van der Waals surface area contributed by atoms with E-state index in [-0.39, 0.29) is 0 Å². The topological polar surface area (TPSA) is 59.6 Å². The molecule has 106 valence electrons. The molecule has 3 N–H and O–H groups in total. The number of nitrogens with one attached hydrogen (secondary N) is 1. The van der Waals surface area contributed by atoms with Crippen LogP contribution in [0.2, 0.25) is 0 Å². The first kappa shape index (κ1) is 15.3. The summed E-state index contributed by atoms with van der Waals surface area (Å²) < 4.78 is 5.22. The molecule has 0 aromatic heterocycles. The van der Waals surface area contributed by atoms with Crippen molar-refractivity contribution in [1.29, 1.82) is 0 Å². The zero-order valence-electron chi connectivity index (χ0n) is 12.2. The predicted octanol–water partition coefficient (Wildman–Crippen LogP) is 2.14. The number of nitrogens with two attached hydrogens (primary N) is 1. The normalized spacial score (nSPS) is 19.4. The average Bonchev–Trinajstić information content (AvgIpc) is 2.81. The largest absolute Gasteiger partial charge is 0.385 e. The van der Waals surface area contributed by atoms with Gasteiger partial charge in [-0.2, -0.15) is 0 Å². The summed E-state index contributed by atoms with van der Waals surface area (Å²) in [5.74, 6) is 1.18. The van der Waals surface area contributed by atoms with E-state index >= 15 is 0 Å². The molecule has 0 aromatic rings. The van der Waals surface area contributed by atoms with Gasteiger partial charge in [0.2, 0.25) is 0 Å². The molecule has 0 atom stereocenters. The van der Waals surface area contributed by atoms with E-state index in [9.17, 15) is 0 Å². The molecule has 1 saturated carbocycles. The third kappa shape index (κ3) is 5.25. The summed E-state index contributed by atoms with van der Waals surface area (Å²) in [6.45, 7) is 6.89. The molecule has 4 heteroatoms. The lowest BCUT2D eigenvalue weighted by molar-refractivity contribution is 0.141. The lowest BCUT2D eigenvalue weighted by atomic mass is 9.83. The summed E-state index contributed by atoms with van der Waals surface area (Å²) in [5, 5.41) is 3.18. The molecule has 0 heterocycles. The molecule has 0 aliphatic heterocycles. The molecule has 0 amide bonds. The molecule has 4 nitrogen and oxygen atoms in total. The van der Waals surface area contributed by atoms with E-state index in [1.54, 1.807) is 7.11 Å². The second kappa shape index (κ2) is 7.62. The highest BCUT2D eigenvalue weighted by Gasteiger charge is 2.33. The van der Waals surface area contributed by atoms with Crippen molar-refractivity contribution in [2.24, 2.45) is 22.1 Å². The highest BCUT2D eigenvalue weighted by atomic mass is 16.5. The first-order valence-corrected chi connectivity index (χ1v) is 7.11. The molecule has 0 spiro atoms. The minimum absolute atomic E-state index is 0.333. The van der Waals surface area contributed by atoms with Crippen molar-refractivity contribution >= 4 is 5.96 Å². The average molecular weight is 255 g/mol. The molecule has 0 radical (unpaired) electrons. The standard InChI is InChI=1S/C14H29N3O/c1-12(2)10-16-13(15)17-11-14(8-9-18-3)6-4-5-7-14/h12H,4-11H2,1-3H3,(H3,15,16,17). The molecular formula is C14H29N3O. The third-order valence-electron chi connectivity index (χ3n) is 3.78. The Morgan fingerprint density at radius 3 is 2.61 bits per heavy atom. The van der Waals surface area contributed by atoms with Crippen LogP contribution in [0.1, 0.15) is 46.0 Å². The molecule has 0 bridgehead atoms. The Balaban J connectivity index is 2.43. The van der Waals surface area contributed by atoms with Gasteiger partial charge in [0.05, 0.1) is 0 Å². The van der Waals surface area contributed by atoms with Crippen LogP contribution in [0.4, 0.5) is 0 Å². The van der Waals surface area contributed by atoms with Gasteiger partial charge in [0.25, 0.3) is 0 Å². The predicted molar refractivity (Wildman–Crippen MR) is 76.7 cm³/mol. The molecule has 18 heavy (non-hydrogen) atoms. The molecular weight excluding hydrogens is 226 g/mol. The molecule has 0 saturated heterocycles. The minimum atomic E-state index is 0.333. The summed E-state index contributed by atoms with van der Waals surface area (Å²) in [7, 11) is 1.77. The second-order valence-corrected chi connectivity index (χ2v) is 5.93. The van der Waals surface area contributed by atoms with Gasteiger partial charge in [0.15, 0.2) is 5.96 Å². The number of hydrogen-bond acceptors (Lipinski definition) is 2. The monoisotopic (exact) mass is 255 g/mol. The van der Waals surface area contributed by atoms with Crippen molar-refractivity contribution in [3.8, 4) is 0 Å². The van der Waals surface area contributed by atoms with Crippen LogP contribution in [0.25, 0.3) is 0 Å². The number of hydrogen-bond donors (Lipinski definition) is 2. The number of guanidine groups is 1. The van der Waals surface area contributed by atoms with Crippen molar-refractivity contribution in [2.45, 2.75) is 46.0 Å². The van der Waals surface area contributed by atoms with Crippen LogP contribution in [-0.2, 0) is 4.74 Å². The van der Waals surface area contributed by atoms with Crippen LogP contribution in [0.3, 0.4) is 0 Å². The smallest absolute Gasteiger partial charge is 0.188 e. The number of aliphatic imine (C=N–C) groups is 1. The maximum Gasteiger partial charge on any atom is 0.188 e. The van der Waals surface area contributed by atoms with Crippen LogP contribution in [-0.4, -0.2) is 32.8 Å². The van der Waals surface area contributed by atoms with Gasteiger partial charge in [0, 0.05) is 26.8 Å². The fraction of sp³-hybridized carbons (Fsp3) is 0.929. The van der Waals surface area contributed by atoms with Crippen LogP contribution in [0.5, 0.6) is 0 Å². The van der Waals surface area contributed by atoms with Crippen molar-refractivity contribution in [1.82, 2.24) is 5.32 Å². The summed E-state index contributed by atoms with van der Waals surface area (Å²) >= 11 is 0. The van der Waals surface area contributed by atoms with Gasteiger partial charge in [-0.3, -0.25) is 4.99 Å². The summed E-state index contributed by atoms with van der Waals surface area (Å²) in [5.41, 5.74) is 6.23. The molecule has 1 fully saturated rings. The maximum atomic E-state index is 5.90. The van der Waals surface area contributed by atoms with Gasteiger partial charge in [-0.25, -0.2) is 0 Å². The Hall–Kier alpha value is -0.770. The minimum Gasteiger partial charge on any atom is -0.385 e. The first-order valence-electron chi connectivity index (χ1n) is 7.11. The van der Waals surface area contributed by atoms with E-state index < -0.39 is 0 Å². The number of nitrogens with zero attached hydrogens (tertiary/aromatic N) is 1. The quantitative estimate of drug-likeness (QED) is 0.541. The number of methoxy groups -OCH3 is 1. The molecule has 1 rings (SSSR count). The maximum absolute atomic E-state index is 5.90. The lowest BCUT2D eigenvalue weighted by Gasteiger charge is -2.26. The molecule has 1 aliphatic carbocycles. The Morgan fingerprint density at radius 2 is 2.06 bits per heavy atom. The molecule has 0 unspecified atom stereocenters. The second-order valence-electron chi connectivity index (χ2n) is 5.93. The zero-order chi connectivity index (χ0) is 13.4. The zero-order valence-corrected chi connectivity index (χ0v) is 12.2. The summed E-state index contributed by atoms with van der Waals surface area (Å²) in [6, 6.07) is 0. The van der Waals surface area contributed by atoms with E-state index in [1.165, 1.54) is 25.7 Å². The summed E-state index contributed by atoms with van der Waals surface area (Å²) in [6.07, 6.45) is 6.26. The van der Waals surface area contributed by atoms with E-state index in [4.69, 9.17) is 10.5 Å². The third-order valence-corrected chi connectivity index (χ3v) is 3.78. The van der Waals surface area contributed by atoms with Crippen LogP contribution in [0.15, 0.2) is 4.99 Å². The van der Waals surface area contributed by atoms with Gasteiger partial charge in [-0.15, -0.1) is 0 Å². The van der Waals surface area contributed by atoms with Crippen molar-refractivity contribution in [2.75, 3.05) is 26.8 Å². The van der Waals surface area contributed by atoms with Crippen molar-refractivity contribution in [3.63, 3.8) is 0 Å². The van der Waals surface area contributed by atoms with Gasteiger partial charge in [-0.1, -0.05) is 26.7 Å². The van der Waals surface area contributed by atoms with Crippen LogP contribution in [0, 0.1) is 11.3 Å².